The van der Waals surface area contributed by atoms with Gasteiger partial charge in [-0.15, -0.1) is 0 Å². The van der Waals surface area contributed by atoms with Crippen LogP contribution in [0.1, 0.15) is 22.3 Å². The molecule has 0 fully saturated rings. The summed E-state index contributed by atoms with van der Waals surface area (Å²) in [4.78, 5) is 11.1. The lowest BCUT2D eigenvalue weighted by Gasteiger charge is -2.06. The molecule has 16 heavy (non-hydrogen) atoms. The number of sulfone groups is 1. The minimum Gasteiger partial charge on any atom is -0.294 e. The molecular formula is C10H8F2O3S. The molecule has 0 saturated heterocycles. The molecule has 6 heteroatoms. The number of benzene rings is 1. The van der Waals surface area contributed by atoms with E-state index in [-0.39, 0.29) is 24.0 Å². The predicted octanol–water partition coefficient (Wildman–Crippen LogP) is 1.66. The van der Waals surface area contributed by atoms with Gasteiger partial charge in [0.05, 0.1) is 4.90 Å². The Hall–Kier alpha value is -1.30. The van der Waals surface area contributed by atoms with Gasteiger partial charge in [0.2, 0.25) is 9.84 Å². The highest BCUT2D eigenvalue weighted by Gasteiger charge is 2.31. The van der Waals surface area contributed by atoms with Crippen molar-refractivity contribution in [2.75, 3.05) is 6.01 Å². The quantitative estimate of drug-likeness (QED) is 0.745. The molecule has 0 unspecified atom stereocenters. The molecule has 1 aromatic carbocycles. The molecule has 1 aliphatic rings. The molecule has 1 aromatic rings. The number of rotatable bonds is 2. The zero-order valence-corrected chi connectivity index (χ0v) is 8.98. The average Bonchev–Trinajstić information content (AvgIpc) is 2.62. The maximum atomic E-state index is 13.3. The smallest absolute Gasteiger partial charge is 0.208 e. The summed E-state index contributed by atoms with van der Waals surface area (Å²) < 4.78 is 48.4. The molecule has 0 radical (unpaired) electrons. The van der Waals surface area contributed by atoms with Crippen molar-refractivity contribution in [2.45, 2.75) is 17.7 Å². The first kappa shape index (κ1) is 11.2. The van der Waals surface area contributed by atoms with Crippen molar-refractivity contribution in [1.82, 2.24) is 0 Å². The second-order valence-corrected chi connectivity index (χ2v) is 5.43. The number of Topliss-reactive ketones (excluding diaryl/α,β-unsaturated/α-hetero) is 1. The van der Waals surface area contributed by atoms with Crippen molar-refractivity contribution in [3.63, 3.8) is 0 Å². The van der Waals surface area contributed by atoms with Crippen LogP contribution in [0.5, 0.6) is 0 Å². The fourth-order valence-corrected chi connectivity index (χ4v) is 2.77. The Morgan fingerprint density at radius 3 is 2.56 bits per heavy atom. The third-order valence-corrected chi connectivity index (χ3v) is 3.87. The Kier molecular flexibility index (Phi) is 2.53. The molecule has 3 nitrogen and oxygen atoms in total. The molecular weight excluding hydrogens is 238 g/mol. The largest absolute Gasteiger partial charge is 0.294 e. The lowest BCUT2D eigenvalue weighted by atomic mass is 10.1. The highest BCUT2D eigenvalue weighted by molar-refractivity contribution is 7.91. The van der Waals surface area contributed by atoms with Crippen LogP contribution in [0.25, 0.3) is 0 Å². The number of carbonyl (C=O) groups is 1. The minimum atomic E-state index is -4.13. The van der Waals surface area contributed by atoms with Gasteiger partial charge in [0.25, 0.3) is 0 Å². The van der Waals surface area contributed by atoms with Gasteiger partial charge in [-0.3, -0.25) is 4.79 Å². The fraction of sp³-hybridized carbons (Fsp3) is 0.300. The van der Waals surface area contributed by atoms with Crippen molar-refractivity contribution in [3.8, 4) is 0 Å². The normalized spacial score (nSPS) is 15.2. The van der Waals surface area contributed by atoms with Gasteiger partial charge >= 0.3 is 0 Å². The molecule has 0 aliphatic heterocycles. The van der Waals surface area contributed by atoms with Crippen LogP contribution in [-0.2, 0) is 16.3 Å². The van der Waals surface area contributed by atoms with Crippen molar-refractivity contribution in [1.29, 1.82) is 0 Å². The maximum Gasteiger partial charge on any atom is 0.208 e. The van der Waals surface area contributed by atoms with Gasteiger partial charge in [0, 0.05) is 17.5 Å². The van der Waals surface area contributed by atoms with Crippen LogP contribution in [0.4, 0.5) is 8.78 Å². The van der Waals surface area contributed by atoms with Gasteiger partial charge in [-0.25, -0.2) is 17.2 Å². The average molecular weight is 246 g/mol. The number of fused-ring (bicyclic) bond motifs is 1. The first-order chi connectivity index (χ1) is 7.47. The molecule has 86 valence electrons. The molecule has 0 saturated carbocycles. The summed E-state index contributed by atoms with van der Waals surface area (Å²) in [6, 6.07) is 0.324. The van der Waals surface area contributed by atoms with Crippen molar-refractivity contribution >= 4 is 15.6 Å². The highest BCUT2D eigenvalue weighted by Crippen LogP contribution is 2.31. The lowest BCUT2D eigenvalue weighted by molar-refractivity contribution is 0.0991. The summed E-state index contributed by atoms with van der Waals surface area (Å²) in [6.45, 7) is 0. The molecule has 0 N–H and O–H groups in total. The molecule has 0 atom stereocenters. The number of alkyl halides is 1. The Balaban J connectivity index is 2.76. The first-order valence-corrected chi connectivity index (χ1v) is 6.26. The number of ketones is 1. The van der Waals surface area contributed by atoms with E-state index in [0.717, 1.165) is 12.1 Å². The van der Waals surface area contributed by atoms with E-state index >= 15 is 0 Å². The van der Waals surface area contributed by atoms with E-state index in [2.05, 4.69) is 0 Å². The second-order valence-electron chi connectivity index (χ2n) is 3.55. The van der Waals surface area contributed by atoms with Gasteiger partial charge in [0.1, 0.15) is 5.82 Å². The SMILES string of the molecule is O=C1CCc2c(F)ccc(S(=O)(=O)CF)c21. The van der Waals surface area contributed by atoms with E-state index in [9.17, 15) is 22.0 Å². The van der Waals surface area contributed by atoms with Crippen molar-refractivity contribution in [3.05, 3.63) is 29.1 Å². The first-order valence-electron chi connectivity index (χ1n) is 4.60. The number of hydrogen-bond donors (Lipinski definition) is 0. The minimum absolute atomic E-state index is 0.0745. The molecule has 0 bridgehead atoms. The van der Waals surface area contributed by atoms with Crippen LogP contribution < -0.4 is 0 Å². The molecule has 2 rings (SSSR count). The monoisotopic (exact) mass is 246 g/mol. The number of hydrogen-bond acceptors (Lipinski definition) is 3. The number of halogens is 2. The van der Waals surface area contributed by atoms with E-state index < -0.39 is 32.3 Å². The predicted molar refractivity (Wildman–Crippen MR) is 52.2 cm³/mol. The van der Waals surface area contributed by atoms with Crippen LogP contribution in [0.2, 0.25) is 0 Å². The van der Waals surface area contributed by atoms with Gasteiger partial charge in [-0.2, -0.15) is 0 Å². The standard InChI is InChI=1S/C10H8F2O3S/c11-5-16(14,15)9-4-2-7(12)6-1-3-8(13)10(6)9/h2,4H,1,3,5H2. The Morgan fingerprint density at radius 2 is 1.94 bits per heavy atom. The zero-order chi connectivity index (χ0) is 11.9. The van der Waals surface area contributed by atoms with Crippen LogP contribution >= 0.6 is 0 Å². The van der Waals surface area contributed by atoms with Crippen LogP contribution in [0.3, 0.4) is 0 Å². The van der Waals surface area contributed by atoms with E-state index in [1.807, 2.05) is 0 Å². The molecule has 0 amide bonds. The zero-order valence-electron chi connectivity index (χ0n) is 8.16. The van der Waals surface area contributed by atoms with Crippen LogP contribution in [0.15, 0.2) is 17.0 Å². The summed E-state index contributed by atoms with van der Waals surface area (Å²) in [5, 5.41) is 0. The molecule has 0 heterocycles. The molecule has 1 aliphatic carbocycles. The summed E-state index contributed by atoms with van der Waals surface area (Å²) in [5.41, 5.74) is -0.0859. The second kappa shape index (κ2) is 3.62. The highest BCUT2D eigenvalue weighted by atomic mass is 32.2. The van der Waals surface area contributed by atoms with Gasteiger partial charge < -0.3 is 0 Å². The molecule has 0 aromatic heterocycles. The van der Waals surface area contributed by atoms with E-state index in [0.29, 0.717) is 0 Å². The number of carbonyl (C=O) groups excluding carboxylic acids is 1. The van der Waals surface area contributed by atoms with Crippen LogP contribution in [0, 0.1) is 5.82 Å². The summed E-state index contributed by atoms with van der Waals surface area (Å²) >= 11 is 0. The van der Waals surface area contributed by atoms with Crippen molar-refractivity contribution in [2.24, 2.45) is 0 Å². The Morgan fingerprint density at radius 1 is 1.25 bits per heavy atom. The van der Waals surface area contributed by atoms with Gasteiger partial charge in [-0.05, 0) is 18.6 Å². The lowest BCUT2D eigenvalue weighted by Crippen LogP contribution is -2.09. The summed E-state index contributed by atoms with van der Waals surface area (Å²) in [6.07, 6.45) is 0.251. The van der Waals surface area contributed by atoms with E-state index in [1.165, 1.54) is 0 Å². The topological polar surface area (TPSA) is 51.2 Å². The summed E-state index contributed by atoms with van der Waals surface area (Å²) in [5.74, 6) is -1.06. The maximum absolute atomic E-state index is 13.3. The Bertz CT molecular complexity index is 564. The summed E-state index contributed by atoms with van der Waals surface area (Å²) in [7, 11) is -4.13. The Labute approximate surface area is 91.0 Å². The van der Waals surface area contributed by atoms with E-state index in [4.69, 9.17) is 0 Å². The third kappa shape index (κ3) is 1.53. The van der Waals surface area contributed by atoms with Crippen LogP contribution in [-0.4, -0.2) is 20.2 Å². The third-order valence-electron chi connectivity index (χ3n) is 2.58. The van der Waals surface area contributed by atoms with E-state index in [1.54, 1.807) is 0 Å². The fourth-order valence-electron chi connectivity index (χ4n) is 1.83. The van der Waals surface area contributed by atoms with Crippen molar-refractivity contribution < 1.29 is 22.0 Å². The van der Waals surface area contributed by atoms with Gasteiger partial charge in [-0.1, -0.05) is 0 Å². The molecule has 0 spiro atoms. The van der Waals surface area contributed by atoms with Gasteiger partial charge in [0.15, 0.2) is 11.8 Å².